The second kappa shape index (κ2) is 3.05. The smallest absolute Gasteiger partial charge is 0.358 e. The fourth-order valence-corrected chi connectivity index (χ4v) is 1.18. The highest BCUT2D eigenvalue weighted by molar-refractivity contribution is 8.13. The topological polar surface area (TPSA) is 49.3 Å². The zero-order chi connectivity index (χ0) is 7.49. The fourth-order valence-electron chi connectivity index (χ4n) is 0.284. The number of rotatable bonds is 2. The molecule has 3 nitrogen and oxygen atoms in total. The minimum Gasteiger partial charge on any atom is -0.408 e. The minimum atomic E-state index is -2.72. The predicted octanol–water partition coefficient (Wildman–Crippen LogP) is -0.221. The maximum Gasteiger partial charge on any atom is 0.358 e. The van der Waals surface area contributed by atoms with Crippen molar-refractivity contribution in [1.29, 1.82) is 0 Å². The molecule has 0 radical (unpaired) electrons. The summed E-state index contributed by atoms with van der Waals surface area (Å²) >= 11 is 3.76. The van der Waals surface area contributed by atoms with Crippen molar-refractivity contribution < 1.29 is 9.59 Å². The highest BCUT2D eigenvalue weighted by Crippen LogP contribution is 1.95. The second-order valence-corrected chi connectivity index (χ2v) is 6.62. The van der Waals surface area contributed by atoms with E-state index in [2.05, 4.69) is 23.6 Å². The maximum absolute atomic E-state index is 10.4. The van der Waals surface area contributed by atoms with Gasteiger partial charge in [0.15, 0.2) is 0 Å². The maximum atomic E-state index is 10.4. The van der Waals surface area contributed by atoms with E-state index in [0.29, 0.717) is 0 Å². The molecule has 1 atom stereocenters. The van der Waals surface area contributed by atoms with Gasteiger partial charge in [-0.05, 0) is 12.6 Å². The summed E-state index contributed by atoms with van der Waals surface area (Å²) in [7, 11) is -2.72. The van der Waals surface area contributed by atoms with Gasteiger partial charge < -0.3 is 9.78 Å². The van der Waals surface area contributed by atoms with Crippen LogP contribution in [0.3, 0.4) is 0 Å². The van der Waals surface area contributed by atoms with Gasteiger partial charge in [0.25, 0.3) is 0 Å². The molecular weight excluding hydrogens is 154 g/mol. The quantitative estimate of drug-likeness (QED) is 0.299. The monoisotopic (exact) mass is 163 g/mol. The molecule has 52 valence electrons. The van der Waals surface area contributed by atoms with Gasteiger partial charge >= 0.3 is 7.63 Å². The van der Waals surface area contributed by atoms with Crippen LogP contribution < -0.4 is 4.98 Å². The molecule has 0 aromatic rings. The van der Waals surface area contributed by atoms with Crippen molar-refractivity contribution in [3.05, 3.63) is 12.7 Å². The van der Waals surface area contributed by atoms with Crippen LogP contribution in [0.25, 0.3) is 0 Å². The summed E-state index contributed by atoms with van der Waals surface area (Å²) < 4.78 is 0. The third-order valence-corrected chi connectivity index (χ3v) is 1.60. The van der Waals surface area contributed by atoms with Gasteiger partial charge in [-0.1, -0.05) is 6.58 Å². The van der Waals surface area contributed by atoms with E-state index in [4.69, 9.17) is 4.80 Å². The zero-order valence-corrected chi connectivity index (χ0v) is 6.98. The molecule has 0 saturated heterocycles. The Bertz CT molecular complexity index is 131. The summed E-state index contributed by atoms with van der Waals surface area (Å²) in [5, 5.41) is 0. The summed E-state index contributed by atoms with van der Waals surface area (Å²) in [6.07, 6.45) is 1.09. The summed E-state index contributed by atoms with van der Waals surface area (Å²) in [5.41, 5.74) is 0. The number of hydrogen-bond acceptors (Lipinski definition) is 3. The number of hydrogen-bond donors (Lipinski definition) is 3. The molecule has 1 unspecified atom stereocenters. The lowest BCUT2D eigenvalue weighted by molar-refractivity contribution is -0.115. The number of carbonyl (C=O) groups is 1. The highest BCUT2D eigenvalue weighted by Gasteiger charge is 2.20. The molecule has 0 aromatic heterocycles. The van der Waals surface area contributed by atoms with Crippen LogP contribution in [0.15, 0.2) is 12.7 Å². The average Bonchev–Trinajstić information content (AvgIpc) is 1.62. The van der Waals surface area contributed by atoms with Gasteiger partial charge in [0.1, 0.15) is 0 Å². The minimum absolute atomic E-state index is 0.387. The van der Waals surface area contributed by atoms with Crippen LogP contribution >= 0.6 is 12.1 Å². The first kappa shape index (κ1) is 8.74. The molecule has 0 spiro atoms. The lowest BCUT2D eigenvalue weighted by Gasteiger charge is -2.11. The van der Waals surface area contributed by atoms with E-state index < -0.39 is 7.63 Å². The standard InChI is InChI=1S/C4H9NO2SSi/c1-3-4(6)5-9(2,7)8/h3,7-8H,1H2,2H3,(H,5,6). The van der Waals surface area contributed by atoms with E-state index in [-0.39, 0.29) is 5.91 Å². The van der Waals surface area contributed by atoms with Crippen molar-refractivity contribution in [2.24, 2.45) is 0 Å². The van der Waals surface area contributed by atoms with Crippen molar-refractivity contribution in [2.75, 3.05) is 0 Å². The largest absolute Gasteiger partial charge is 0.408 e. The Kier molecular flexibility index (Phi) is 2.96. The highest BCUT2D eigenvalue weighted by atomic mass is 32.3. The summed E-state index contributed by atoms with van der Waals surface area (Å²) in [6, 6.07) is 0. The number of amides is 1. The van der Waals surface area contributed by atoms with Crippen LogP contribution in [0.2, 0.25) is 6.55 Å². The van der Waals surface area contributed by atoms with Gasteiger partial charge in [0.2, 0.25) is 5.91 Å². The lowest BCUT2D eigenvalue weighted by atomic mass is 10.6. The van der Waals surface area contributed by atoms with E-state index in [1.807, 2.05) is 0 Å². The molecule has 0 heterocycles. The molecule has 0 bridgehead atoms. The molecule has 0 aromatic carbocycles. The Hall–Kier alpha value is -0.263. The zero-order valence-electron chi connectivity index (χ0n) is 5.09. The summed E-state index contributed by atoms with van der Waals surface area (Å²) in [6.45, 7) is 4.69. The van der Waals surface area contributed by atoms with Gasteiger partial charge in [0.05, 0.1) is 0 Å². The molecule has 0 rings (SSSR count). The molecule has 1 amide bonds. The van der Waals surface area contributed by atoms with E-state index >= 15 is 0 Å². The van der Waals surface area contributed by atoms with Crippen molar-refractivity contribution in [1.82, 2.24) is 4.98 Å². The third kappa shape index (κ3) is 5.61. The molecular formula is C4H9NO2SSi. The summed E-state index contributed by atoms with van der Waals surface area (Å²) in [5.74, 6) is -0.387. The second-order valence-electron chi connectivity index (χ2n) is 1.71. The van der Waals surface area contributed by atoms with Crippen LogP contribution in [0.4, 0.5) is 0 Å². The SMILES string of the molecule is C=CC(=O)N[Si](C)(O)S. The molecule has 0 aliphatic carbocycles. The van der Waals surface area contributed by atoms with Gasteiger partial charge in [-0.25, -0.2) is 0 Å². The van der Waals surface area contributed by atoms with Gasteiger partial charge in [-0.3, -0.25) is 4.79 Å². The Balaban J connectivity index is 3.74. The number of nitrogens with one attached hydrogen (secondary N) is 1. The Labute approximate surface area is 60.0 Å². The Morgan fingerprint density at radius 2 is 2.44 bits per heavy atom. The first-order valence-electron chi connectivity index (χ1n) is 2.35. The Morgan fingerprint density at radius 3 is 2.56 bits per heavy atom. The first-order valence-corrected chi connectivity index (χ1v) is 6.08. The predicted molar refractivity (Wildman–Crippen MR) is 41.2 cm³/mol. The molecule has 0 aliphatic heterocycles. The van der Waals surface area contributed by atoms with Gasteiger partial charge in [0, 0.05) is 0 Å². The first-order chi connectivity index (χ1) is 3.95. The molecule has 2 N–H and O–H groups in total. The van der Waals surface area contributed by atoms with Crippen molar-refractivity contribution in [3.8, 4) is 0 Å². The van der Waals surface area contributed by atoms with Crippen molar-refractivity contribution in [2.45, 2.75) is 6.55 Å². The van der Waals surface area contributed by atoms with E-state index in [1.165, 1.54) is 6.55 Å². The number of carbonyl (C=O) groups excluding carboxylic acids is 1. The Morgan fingerprint density at radius 1 is 2.00 bits per heavy atom. The van der Waals surface area contributed by atoms with E-state index in [0.717, 1.165) is 6.08 Å². The molecule has 9 heavy (non-hydrogen) atoms. The van der Waals surface area contributed by atoms with E-state index in [9.17, 15) is 4.79 Å². The number of thiol groups is 1. The van der Waals surface area contributed by atoms with Crippen LogP contribution in [-0.4, -0.2) is 18.3 Å². The van der Waals surface area contributed by atoms with Gasteiger partial charge in [-0.2, -0.15) is 12.1 Å². The van der Waals surface area contributed by atoms with E-state index in [1.54, 1.807) is 0 Å². The van der Waals surface area contributed by atoms with Crippen molar-refractivity contribution in [3.63, 3.8) is 0 Å². The molecule has 5 heteroatoms. The third-order valence-electron chi connectivity index (χ3n) is 0.545. The fraction of sp³-hybridized carbons (Fsp3) is 0.250. The van der Waals surface area contributed by atoms with Crippen LogP contribution in [-0.2, 0) is 4.79 Å². The van der Waals surface area contributed by atoms with Gasteiger partial charge in [-0.15, -0.1) is 0 Å². The normalized spacial score (nSPS) is 15.9. The van der Waals surface area contributed by atoms with Crippen molar-refractivity contribution >= 4 is 25.6 Å². The molecule has 0 aliphatic rings. The average molecular weight is 163 g/mol. The lowest BCUT2D eigenvalue weighted by Crippen LogP contribution is -2.45. The molecule has 0 saturated carbocycles. The van der Waals surface area contributed by atoms with Crippen LogP contribution in [0.1, 0.15) is 0 Å². The summed E-state index contributed by atoms with van der Waals surface area (Å²) in [4.78, 5) is 21.6. The molecule has 0 fully saturated rings. The van der Waals surface area contributed by atoms with Crippen LogP contribution in [0.5, 0.6) is 0 Å². The van der Waals surface area contributed by atoms with Crippen LogP contribution in [0, 0.1) is 0 Å².